The molecule has 1 unspecified atom stereocenters. The summed E-state index contributed by atoms with van der Waals surface area (Å²) in [7, 11) is 0. The summed E-state index contributed by atoms with van der Waals surface area (Å²) in [5.41, 5.74) is 3.60. The van der Waals surface area contributed by atoms with E-state index in [0.29, 0.717) is 49.6 Å². The minimum absolute atomic E-state index is 0.0739. The highest BCUT2D eigenvalue weighted by atomic mass is 16.3. The lowest BCUT2D eigenvalue weighted by molar-refractivity contribution is -0.130. The number of carbonyl (C=O) groups is 2. The molecule has 1 saturated heterocycles. The molecule has 1 atom stereocenters. The zero-order valence-electron chi connectivity index (χ0n) is 19.6. The Morgan fingerprint density at radius 1 is 1.14 bits per heavy atom. The van der Waals surface area contributed by atoms with E-state index in [0.717, 1.165) is 11.1 Å². The number of benzene rings is 2. The van der Waals surface area contributed by atoms with Gasteiger partial charge in [0.15, 0.2) is 0 Å². The lowest BCUT2D eigenvalue weighted by atomic mass is 10.0. The van der Waals surface area contributed by atoms with Gasteiger partial charge >= 0.3 is 6.03 Å². The Morgan fingerprint density at radius 2 is 1.91 bits per heavy atom. The number of phenolic OH excluding ortho intramolecular Hbond substituents is 1. The molecule has 1 aromatic heterocycles. The van der Waals surface area contributed by atoms with Gasteiger partial charge in [0.05, 0.1) is 6.33 Å². The van der Waals surface area contributed by atoms with Gasteiger partial charge < -0.3 is 19.5 Å². The summed E-state index contributed by atoms with van der Waals surface area (Å²) in [6.07, 6.45) is 6.04. The first-order valence-corrected chi connectivity index (χ1v) is 11.7. The van der Waals surface area contributed by atoms with Crippen molar-refractivity contribution in [3.05, 3.63) is 83.4 Å². The number of aryl methyl sites for hydroxylation is 2. The number of imidazole rings is 1. The number of para-hydroxylation sites is 1. The van der Waals surface area contributed by atoms with E-state index in [9.17, 15) is 14.7 Å². The molecule has 2 aliphatic heterocycles. The molecule has 9 heteroatoms. The maximum absolute atomic E-state index is 12.9. The molecule has 0 bridgehead atoms. The van der Waals surface area contributed by atoms with E-state index in [1.807, 2.05) is 54.1 Å². The first-order valence-electron chi connectivity index (χ1n) is 11.7. The Balaban J connectivity index is 1.35. The highest BCUT2D eigenvalue weighted by molar-refractivity contribution is 6.08. The highest BCUT2D eigenvalue weighted by Crippen LogP contribution is 2.34. The van der Waals surface area contributed by atoms with Gasteiger partial charge in [-0.05, 0) is 30.0 Å². The van der Waals surface area contributed by atoms with E-state index < -0.39 is 6.04 Å². The number of amides is 3. The summed E-state index contributed by atoms with van der Waals surface area (Å²) in [6, 6.07) is 12.6. The predicted octanol–water partition coefficient (Wildman–Crippen LogP) is 2.99. The number of hydrogen-bond donors (Lipinski definition) is 2. The predicted molar refractivity (Wildman–Crippen MR) is 131 cm³/mol. The quantitative estimate of drug-likeness (QED) is 0.552. The molecule has 35 heavy (non-hydrogen) atoms. The number of nitrogens with one attached hydrogen (secondary N) is 1. The Labute approximate surface area is 203 Å². The van der Waals surface area contributed by atoms with Gasteiger partial charge in [-0.2, -0.15) is 0 Å². The summed E-state index contributed by atoms with van der Waals surface area (Å²) in [5.74, 6) is 0.403. The number of aliphatic imine (C=N–C) groups is 1. The number of nitrogens with zero attached hydrogens (tertiary/aromatic N) is 5. The molecule has 2 N–H and O–H groups in total. The van der Waals surface area contributed by atoms with Crippen LogP contribution in [0.25, 0.3) is 0 Å². The summed E-state index contributed by atoms with van der Waals surface area (Å²) in [5, 5.41) is 13.6. The number of hydrogen-bond acceptors (Lipinski definition) is 5. The Hall–Kier alpha value is -4.14. The van der Waals surface area contributed by atoms with E-state index in [1.54, 1.807) is 28.4 Å². The van der Waals surface area contributed by atoms with Crippen molar-refractivity contribution >= 4 is 17.8 Å². The third-order valence-corrected chi connectivity index (χ3v) is 6.58. The average Bonchev–Trinajstić information content (AvgIpc) is 3.59. The van der Waals surface area contributed by atoms with Crippen molar-refractivity contribution in [3.63, 3.8) is 0 Å². The van der Waals surface area contributed by atoms with Gasteiger partial charge in [0, 0.05) is 44.1 Å². The monoisotopic (exact) mass is 472 g/mol. The van der Waals surface area contributed by atoms with Gasteiger partial charge in [0.1, 0.15) is 24.2 Å². The molecule has 1 fully saturated rings. The van der Waals surface area contributed by atoms with Gasteiger partial charge in [0.25, 0.3) is 0 Å². The molecule has 180 valence electrons. The molecule has 3 aromatic rings. The van der Waals surface area contributed by atoms with E-state index >= 15 is 0 Å². The first kappa shape index (κ1) is 22.6. The molecule has 9 nitrogen and oxygen atoms in total. The van der Waals surface area contributed by atoms with Crippen molar-refractivity contribution in [2.75, 3.05) is 13.1 Å². The number of aromatic hydroxyl groups is 1. The molecule has 2 aliphatic rings. The van der Waals surface area contributed by atoms with Crippen LogP contribution in [0, 0.1) is 6.92 Å². The molecule has 0 spiro atoms. The van der Waals surface area contributed by atoms with E-state index in [2.05, 4.69) is 15.3 Å². The number of phenols is 1. The smallest absolute Gasteiger partial charge is 0.323 e. The summed E-state index contributed by atoms with van der Waals surface area (Å²) in [4.78, 5) is 37.9. The van der Waals surface area contributed by atoms with Gasteiger partial charge in [-0.25, -0.2) is 9.78 Å². The van der Waals surface area contributed by atoms with E-state index in [4.69, 9.17) is 0 Å². The molecule has 5 rings (SSSR count). The van der Waals surface area contributed by atoms with E-state index in [1.165, 1.54) is 0 Å². The first-order chi connectivity index (χ1) is 17.0. The van der Waals surface area contributed by atoms with Gasteiger partial charge in [-0.15, -0.1) is 0 Å². The zero-order chi connectivity index (χ0) is 24.4. The van der Waals surface area contributed by atoms with Crippen LogP contribution in [0.2, 0.25) is 0 Å². The SMILES string of the molecule is Cc1cccc(C2/C(=N/CC(=O)N3Cc4ccccc4C3)NC(=O)N2CCCn2ccnc2)c1O. The fraction of sp³-hybridized carbons (Fsp3) is 0.308. The minimum Gasteiger partial charge on any atom is -0.507 e. The summed E-state index contributed by atoms with van der Waals surface area (Å²) in [6.45, 7) is 4.03. The second-order valence-corrected chi connectivity index (χ2v) is 8.91. The van der Waals surface area contributed by atoms with Crippen LogP contribution >= 0.6 is 0 Å². The van der Waals surface area contributed by atoms with Crippen molar-refractivity contribution < 1.29 is 14.7 Å². The largest absolute Gasteiger partial charge is 0.507 e. The number of rotatable bonds is 7. The maximum Gasteiger partial charge on any atom is 0.323 e. The Bertz CT molecular complexity index is 1240. The lowest BCUT2D eigenvalue weighted by Crippen LogP contribution is -2.31. The standard InChI is InChI=1S/C26H28N6O3/c1-18-6-4-9-21(24(18)34)23-25(29-26(35)32(23)12-5-11-30-13-10-27-17-30)28-14-22(33)31-15-19-7-2-3-8-20(19)16-31/h2-4,6-10,13,17,23,34H,5,11-12,14-16H2,1H3,(H,28,29,35). The molecular formula is C26H28N6O3. The Morgan fingerprint density at radius 3 is 2.63 bits per heavy atom. The van der Waals surface area contributed by atoms with Gasteiger partial charge in [-0.1, -0.05) is 42.5 Å². The van der Waals surface area contributed by atoms with Crippen LogP contribution in [-0.4, -0.2) is 55.3 Å². The number of fused-ring (bicyclic) bond motifs is 1. The number of aromatic nitrogens is 2. The number of carbonyl (C=O) groups excluding carboxylic acids is 2. The van der Waals surface area contributed by atoms with Crippen LogP contribution in [0.1, 0.15) is 34.7 Å². The zero-order valence-corrected chi connectivity index (χ0v) is 19.6. The van der Waals surface area contributed by atoms with Crippen LogP contribution < -0.4 is 5.32 Å². The van der Waals surface area contributed by atoms with Crippen molar-refractivity contribution in [2.45, 2.75) is 39.0 Å². The Kier molecular flexibility index (Phi) is 6.22. The van der Waals surface area contributed by atoms with Crippen molar-refractivity contribution in [1.82, 2.24) is 24.7 Å². The van der Waals surface area contributed by atoms with Crippen LogP contribution in [0.4, 0.5) is 4.79 Å². The lowest BCUT2D eigenvalue weighted by Gasteiger charge is -2.24. The molecular weight excluding hydrogens is 444 g/mol. The summed E-state index contributed by atoms with van der Waals surface area (Å²) < 4.78 is 1.95. The molecule has 0 radical (unpaired) electrons. The third-order valence-electron chi connectivity index (χ3n) is 6.58. The maximum atomic E-state index is 12.9. The van der Waals surface area contributed by atoms with E-state index in [-0.39, 0.29) is 24.2 Å². The molecule has 3 heterocycles. The third kappa shape index (κ3) is 4.62. The van der Waals surface area contributed by atoms with Crippen LogP contribution in [0.5, 0.6) is 5.75 Å². The minimum atomic E-state index is -0.589. The summed E-state index contributed by atoms with van der Waals surface area (Å²) >= 11 is 0. The average molecular weight is 473 g/mol. The van der Waals surface area contributed by atoms with Crippen LogP contribution in [-0.2, 0) is 24.4 Å². The van der Waals surface area contributed by atoms with Crippen LogP contribution in [0.15, 0.2) is 66.2 Å². The number of urea groups is 1. The fourth-order valence-corrected chi connectivity index (χ4v) is 4.69. The van der Waals surface area contributed by atoms with Gasteiger partial charge in [0.2, 0.25) is 5.91 Å². The molecule has 2 aromatic carbocycles. The van der Waals surface area contributed by atoms with Crippen molar-refractivity contribution in [3.8, 4) is 5.75 Å². The van der Waals surface area contributed by atoms with Crippen LogP contribution in [0.3, 0.4) is 0 Å². The van der Waals surface area contributed by atoms with Crippen molar-refractivity contribution in [2.24, 2.45) is 4.99 Å². The van der Waals surface area contributed by atoms with Crippen molar-refractivity contribution in [1.29, 1.82) is 0 Å². The number of amidine groups is 1. The van der Waals surface area contributed by atoms with Gasteiger partial charge in [-0.3, -0.25) is 15.1 Å². The second kappa shape index (κ2) is 9.61. The highest BCUT2D eigenvalue weighted by Gasteiger charge is 2.39. The molecule has 0 saturated carbocycles. The second-order valence-electron chi connectivity index (χ2n) is 8.91. The topological polar surface area (TPSA) is 103 Å². The molecule has 3 amide bonds. The molecule has 0 aliphatic carbocycles. The fourth-order valence-electron chi connectivity index (χ4n) is 4.69. The normalized spacial score (nSPS) is 18.3.